The molecular formula is C100H112Br3Cl2F3N16O20S4. The molecule has 4 aromatic carbocycles. The van der Waals surface area contributed by atoms with E-state index >= 15 is 0 Å². The number of rotatable bonds is 34. The van der Waals surface area contributed by atoms with Crippen molar-refractivity contribution in [2.75, 3.05) is 132 Å². The van der Waals surface area contributed by atoms with E-state index in [0.29, 0.717) is 214 Å². The SMILES string of the molecule is CCOC(=O)C1=C(CN2CCOCC2C(C)(C)C(=O)O)NC(c2nccs2)=NC1c1ccc(F)cc1Br.CCOC(=O)C1=C(CN2CCOCC2C(C)(C)CC(=O)O)NC(c2nccs2)=NC1c1ccc(F)cc1Br.CCOC(=O)C1=C(CN2CCOCC2C(C)C(=O)O)NC(c2nccs2)=NC1c1ccc(Cl)cc1Cl.CCOC(=O)C1=C(CN2CCOCC2CC(C)C(=O)O)NC(c2nccs2)=NC1c1ccc(F)cc1Br. The maximum absolute atomic E-state index is 14.0. The first-order chi connectivity index (χ1) is 70.8. The molecule has 4 saturated heterocycles. The van der Waals surface area contributed by atoms with Crippen LogP contribution in [0.2, 0.25) is 10.0 Å². The van der Waals surface area contributed by atoms with Gasteiger partial charge in [-0.3, -0.25) is 58.7 Å². The summed E-state index contributed by atoms with van der Waals surface area (Å²) in [5, 5.41) is 62.4. The number of nitrogens with one attached hydrogen (secondary N) is 4. The van der Waals surface area contributed by atoms with Crippen molar-refractivity contribution in [2.45, 2.75) is 130 Å². The van der Waals surface area contributed by atoms with Gasteiger partial charge in [0.1, 0.15) is 41.6 Å². The van der Waals surface area contributed by atoms with Crippen molar-refractivity contribution in [2.24, 2.45) is 42.6 Å². The second kappa shape index (κ2) is 53.0. The molecule has 8 N–H and O–H groups in total. The minimum Gasteiger partial charge on any atom is -0.481 e. The number of esters is 4. The van der Waals surface area contributed by atoms with E-state index in [0.717, 1.165) is 0 Å². The van der Waals surface area contributed by atoms with Crippen LogP contribution in [0.3, 0.4) is 0 Å². The standard InChI is InChI=1S/C26H30BrFN4O5S.2C25H28BrFN4O5S.C24H26Cl2N4O5S/c1-4-37-25(35)21-18(13-32-8-9-36-14-19(32)26(2,3)12-20(33)34)30-23(24-29-7-10-38-24)31-22(21)16-6-5-15(28)11-17(16)27;1-4-36-23(32)19-17(12-31-8-9-35-13-18(31)25(2,3)24(33)34)29-21(22-28-7-10-37-22)30-20(19)15-6-5-14(27)11-16(15)26;1-3-36-25(34)20-19(12-31-7-8-35-13-16(31)10-14(2)24(32)33)29-22(23-28-6-9-37-23)30-21(20)17-5-4-15(27)11-18(17)26;1-3-35-24(33)19-17(11-30-7-8-34-12-18(30)13(2)23(31)32)28-21(22-27-6-9-36-22)29-20(19)15-5-4-14(25)10-16(15)26/h5-7,10-11,19,22H,4,8-9,12-14H2,1-3H3,(H,30,31)(H,33,34);5-7,10-11,18,20H,4,8-9,12-13H2,1-3H3,(H,29,30)(H,33,34);4-6,9,11,14,16,21H,3,7-8,10,12-13H2,1-2H3,(H,29,30)(H,32,33);4-6,9-10,13,18,20H,3,7-8,11-12H2,1-2H3,(H,28,29)(H,31,32). The lowest BCUT2D eigenvalue weighted by atomic mass is 9.80. The molecular weight excluding hydrogens is 2240 g/mol. The van der Waals surface area contributed by atoms with E-state index in [4.69, 9.17) is 81.1 Å². The molecule has 0 aliphatic carbocycles. The Morgan fingerprint density at radius 1 is 0.453 bits per heavy atom. The smallest absolute Gasteiger partial charge is 0.338 e. The average Bonchev–Trinajstić information content (AvgIpc) is 0.846. The van der Waals surface area contributed by atoms with E-state index in [9.17, 15) is 72.0 Å². The molecule has 36 nitrogen and oxygen atoms in total. The van der Waals surface area contributed by atoms with Crippen LogP contribution in [0, 0.1) is 40.1 Å². The van der Waals surface area contributed by atoms with Crippen molar-refractivity contribution in [1.82, 2.24) is 60.8 Å². The third-order valence-electron chi connectivity index (χ3n) is 25.5. The fourth-order valence-corrected chi connectivity index (χ4v) is 22.4. The molecule has 48 heteroatoms. The Labute approximate surface area is 903 Å². The molecule has 10 unspecified atom stereocenters. The van der Waals surface area contributed by atoms with Gasteiger partial charge in [-0.05, 0) is 119 Å². The van der Waals surface area contributed by atoms with Gasteiger partial charge in [-0.1, -0.05) is 123 Å². The maximum atomic E-state index is 14.0. The van der Waals surface area contributed by atoms with Gasteiger partial charge in [0, 0.05) is 175 Å². The molecule has 4 fully saturated rings. The molecule has 0 saturated carbocycles. The summed E-state index contributed by atoms with van der Waals surface area (Å²) in [6.07, 6.45) is 7.03. The Hall–Kier alpha value is -10.5. The summed E-state index contributed by atoms with van der Waals surface area (Å²) in [6, 6.07) is 13.4. The number of carboxylic acid groups (broad SMARTS) is 4. The van der Waals surface area contributed by atoms with E-state index in [1.807, 2.05) is 45.2 Å². The van der Waals surface area contributed by atoms with E-state index in [1.165, 1.54) is 81.7 Å². The van der Waals surface area contributed by atoms with Crippen LogP contribution >= 0.6 is 116 Å². The molecule has 148 heavy (non-hydrogen) atoms. The number of halogens is 8. The summed E-state index contributed by atoms with van der Waals surface area (Å²) >= 11 is 28.6. The Morgan fingerprint density at radius 2 is 0.784 bits per heavy atom. The number of hydrogen-bond donors (Lipinski definition) is 8. The minimum absolute atomic E-state index is 0.0360. The highest BCUT2D eigenvalue weighted by atomic mass is 79.9. The van der Waals surface area contributed by atoms with Gasteiger partial charge in [0.2, 0.25) is 0 Å². The van der Waals surface area contributed by atoms with Crippen molar-refractivity contribution in [3.8, 4) is 0 Å². The van der Waals surface area contributed by atoms with E-state index in [2.05, 4.69) is 98.8 Å². The molecule has 0 radical (unpaired) electrons. The number of carboxylic acids is 4. The zero-order valence-electron chi connectivity index (χ0n) is 82.2. The van der Waals surface area contributed by atoms with Gasteiger partial charge in [-0.25, -0.2) is 52.3 Å². The van der Waals surface area contributed by atoms with Crippen molar-refractivity contribution in [3.05, 3.63) is 247 Å². The summed E-state index contributed by atoms with van der Waals surface area (Å²) in [4.78, 5) is 146. The first-order valence-corrected chi connectivity index (χ1v) is 54.0. The number of carbonyl (C=O) groups is 8. The molecule has 8 aliphatic heterocycles. The van der Waals surface area contributed by atoms with E-state index < -0.39 is 118 Å². The van der Waals surface area contributed by atoms with Gasteiger partial charge >= 0.3 is 47.8 Å². The monoisotopic (exact) mass is 2350 g/mol. The molecule has 8 aliphatic rings. The number of thiazole rings is 4. The number of nitrogens with zero attached hydrogens (tertiary/aromatic N) is 12. The maximum Gasteiger partial charge on any atom is 0.338 e. The normalized spacial score (nSPS) is 21.0. The van der Waals surface area contributed by atoms with Gasteiger partial charge in [0.25, 0.3) is 0 Å². The van der Waals surface area contributed by atoms with Crippen LogP contribution in [-0.4, -0.2) is 287 Å². The second-order valence-electron chi connectivity index (χ2n) is 36.1. The van der Waals surface area contributed by atoms with Gasteiger partial charge < -0.3 is 79.6 Å². The summed E-state index contributed by atoms with van der Waals surface area (Å²) in [6.45, 7) is 24.3. The number of morpholine rings is 4. The molecule has 0 spiro atoms. The van der Waals surface area contributed by atoms with Crippen molar-refractivity contribution in [3.63, 3.8) is 0 Å². The van der Waals surface area contributed by atoms with Crippen molar-refractivity contribution < 1.29 is 110 Å². The molecule has 0 bridgehead atoms. The van der Waals surface area contributed by atoms with E-state index in [-0.39, 0.29) is 82.9 Å². The number of aromatic nitrogens is 4. The van der Waals surface area contributed by atoms with Crippen LogP contribution in [-0.2, 0) is 76.3 Å². The topological polar surface area (TPSA) is 453 Å². The highest BCUT2D eigenvalue weighted by Gasteiger charge is 2.48. The van der Waals surface area contributed by atoms with Gasteiger partial charge in [0.15, 0.2) is 43.4 Å². The third kappa shape index (κ3) is 28.6. The summed E-state index contributed by atoms with van der Waals surface area (Å²) in [5.74, 6) is -6.34. The zero-order chi connectivity index (χ0) is 107. The first kappa shape index (κ1) is 115. The van der Waals surface area contributed by atoms with Crippen LogP contribution in [0.1, 0.15) is 149 Å². The lowest BCUT2D eigenvalue weighted by molar-refractivity contribution is -0.156. The minimum atomic E-state index is -1.11. The molecule has 16 rings (SSSR count). The molecule has 792 valence electrons. The van der Waals surface area contributed by atoms with Crippen LogP contribution in [0.4, 0.5) is 13.2 Å². The van der Waals surface area contributed by atoms with Crippen LogP contribution in [0.25, 0.3) is 0 Å². The Balaban J connectivity index is 0.000000165. The number of hydrogen-bond acceptors (Lipinski definition) is 36. The van der Waals surface area contributed by atoms with Crippen LogP contribution < -0.4 is 21.3 Å². The summed E-state index contributed by atoms with van der Waals surface area (Å²) < 4.78 is 87.6. The molecule has 8 aromatic rings. The molecule has 10 atom stereocenters. The molecule has 4 aromatic heterocycles. The van der Waals surface area contributed by atoms with Crippen molar-refractivity contribution in [1.29, 1.82) is 0 Å². The van der Waals surface area contributed by atoms with Crippen LogP contribution in [0.15, 0.2) is 198 Å². The Bertz CT molecular complexity index is 6390. The summed E-state index contributed by atoms with van der Waals surface area (Å²) in [5.41, 5.74) is 4.09. The van der Waals surface area contributed by atoms with Gasteiger partial charge in [-0.2, -0.15) is 0 Å². The second-order valence-corrected chi connectivity index (χ2v) is 43.1. The highest BCUT2D eigenvalue weighted by molar-refractivity contribution is 9.11. The molecule has 0 amide bonds. The lowest BCUT2D eigenvalue weighted by Crippen LogP contribution is -2.57. The summed E-state index contributed by atoms with van der Waals surface area (Å²) in [7, 11) is 0. The average molecular weight is 2350 g/mol. The van der Waals surface area contributed by atoms with Crippen LogP contribution in [0.5, 0.6) is 0 Å². The highest BCUT2D eigenvalue weighted by Crippen LogP contribution is 2.45. The fourth-order valence-electron chi connectivity index (χ4n) is 17.9. The number of benzene rings is 4. The zero-order valence-corrected chi connectivity index (χ0v) is 91.8. The molecule has 12 heterocycles. The van der Waals surface area contributed by atoms with Crippen molar-refractivity contribution >= 4 is 187 Å². The number of carbonyl (C=O) groups excluding carboxylic acids is 4. The largest absolute Gasteiger partial charge is 0.481 e. The quantitative estimate of drug-likeness (QED) is 0.0137. The number of aliphatic imine (C=N–C) groups is 4. The first-order valence-electron chi connectivity index (χ1n) is 47.4. The fraction of sp³-hybridized carbons (Fsp3) is 0.440. The Kier molecular flexibility index (Phi) is 41.0. The number of aliphatic carboxylic acids is 4. The third-order valence-corrected chi connectivity index (χ3v) is 31.3. The van der Waals surface area contributed by atoms with Gasteiger partial charge in [0.05, 0.1) is 125 Å². The number of amidine groups is 4. The van der Waals surface area contributed by atoms with E-state index in [1.54, 1.807) is 117 Å². The predicted molar refractivity (Wildman–Crippen MR) is 562 cm³/mol. The lowest BCUT2D eigenvalue weighted by Gasteiger charge is -2.45. The Morgan fingerprint density at radius 3 is 1.12 bits per heavy atom. The number of ether oxygens (including phenoxy) is 8. The van der Waals surface area contributed by atoms with Gasteiger partial charge in [-0.15, -0.1) is 45.3 Å². The predicted octanol–water partition coefficient (Wildman–Crippen LogP) is 15.5.